The van der Waals surface area contributed by atoms with Crippen LogP contribution in [0.3, 0.4) is 0 Å². The van der Waals surface area contributed by atoms with Crippen LogP contribution >= 0.6 is 11.3 Å². The van der Waals surface area contributed by atoms with Crippen molar-refractivity contribution in [3.05, 3.63) is 101 Å². The summed E-state index contributed by atoms with van der Waals surface area (Å²) in [5.74, 6) is 1.22. The van der Waals surface area contributed by atoms with Gasteiger partial charge in [0.1, 0.15) is 24.7 Å². The van der Waals surface area contributed by atoms with Gasteiger partial charge in [-0.2, -0.15) is 0 Å². The van der Waals surface area contributed by atoms with Crippen molar-refractivity contribution >= 4 is 22.9 Å². The second-order valence-corrected chi connectivity index (χ2v) is 7.14. The SMILES string of the molecule is O=C(Nc1ccc(OCc2cccnc2)cc1)c1ccc(OCc2cscn2)cc1. The average molecular weight is 417 g/mol. The van der Waals surface area contributed by atoms with E-state index in [4.69, 9.17) is 9.47 Å². The Hall–Kier alpha value is -3.71. The molecule has 150 valence electrons. The summed E-state index contributed by atoms with van der Waals surface area (Å²) in [7, 11) is 0. The molecule has 1 N–H and O–H groups in total. The molecule has 2 heterocycles. The van der Waals surface area contributed by atoms with E-state index in [1.807, 2.05) is 41.8 Å². The molecule has 4 rings (SSSR count). The summed E-state index contributed by atoms with van der Waals surface area (Å²) in [6.45, 7) is 0.848. The van der Waals surface area contributed by atoms with Crippen molar-refractivity contribution in [2.24, 2.45) is 0 Å². The van der Waals surface area contributed by atoms with Gasteiger partial charge < -0.3 is 14.8 Å². The third-order valence-corrected chi connectivity index (χ3v) is 4.86. The molecule has 0 fully saturated rings. The highest BCUT2D eigenvalue weighted by Crippen LogP contribution is 2.19. The Morgan fingerprint density at radius 1 is 0.933 bits per heavy atom. The van der Waals surface area contributed by atoms with Crippen LogP contribution in [0.5, 0.6) is 11.5 Å². The number of ether oxygens (including phenoxy) is 2. The fourth-order valence-corrected chi connectivity index (χ4v) is 3.20. The summed E-state index contributed by atoms with van der Waals surface area (Å²) < 4.78 is 11.4. The molecule has 0 atom stereocenters. The molecule has 0 saturated carbocycles. The maximum Gasteiger partial charge on any atom is 0.255 e. The Morgan fingerprint density at radius 3 is 2.33 bits per heavy atom. The summed E-state index contributed by atoms with van der Waals surface area (Å²) in [6.07, 6.45) is 3.49. The van der Waals surface area contributed by atoms with Crippen LogP contribution in [0.15, 0.2) is 83.9 Å². The van der Waals surface area contributed by atoms with E-state index in [2.05, 4.69) is 15.3 Å². The predicted octanol–water partition coefficient (Wildman–Crippen LogP) is 4.95. The van der Waals surface area contributed by atoms with E-state index in [0.29, 0.717) is 30.2 Å². The van der Waals surface area contributed by atoms with Crippen molar-refractivity contribution in [3.63, 3.8) is 0 Å². The van der Waals surface area contributed by atoms with E-state index in [9.17, 15) is 4.79 Å². The largest absolute Gasteiger partial charge is 0.489 e. The Bertz CT molecular complexity index is 1070. The summed E-state index contributed by atoms with van der Waals surface area (Å²) in [5, 5.41) is 4.82. The van der Waals surface area contributed by atoms with Crippen LogP contribution in [0.25, 0.3) is 0 Å². The van der Waals surface area contributed by atoms with Gasteiger partial charge in [-0.3, -0.25) is 9.78 Å². The van der Waals surface area contributed by atoms with Crippen LogP contribution in [0.1, 0.15) is 21.6 Å². The van der Waals surface area contributed by atoms with Crippen LogP contribution in [0.2, 0.25) is 0 Å². The molecular formula is C23H19N3O3S. The van der Waals surface area contributed by atoms with Crippen LogP contribution in [-0.2, 0) is 13.2 Å². The zero-order chi connectivity index (χ0) is 20.6. The first-order valence-electron chi connectivity index (χ1n) is 9.29. The van der Waals surface area contributed by atoms with Crippen LogP contribution in [-0.4, -0.2) is 15.9 Å². The molecule has 0 spiro atoms. The van der Waals surface area contributed by atoms with Crippen molar-refractivity contribution in [1.82, 2.24) is 9.97 Å². The Labute approximate surface area is 178 Å². The van der Waals surface area contributed by atoms with Crippen LogP contribution in [0.4, 0.5) is 5.69 Å². The number of carbonyl (C=O) groups is 1. The predicted molar refractivity (Wildman–Crippen MR) is 116 cm³/mol. The van der Waals surface area contributed by atoms with Crippen molar-refractivity contribution in [2.75, 3.05) is 5.32 Å². The first-order chi connectivity index (χ1) is 14.8. The minimum atomic E-state index is -0.190. The van der Waals surface area contributed by atoms with Gasteiger partial charge in [0.05, 0.1) is 11.2 Å². The maximum atomic E-state index is 12.5. The van der Waals surface area contributed by atoms with Gasteiger partial charge in [0.15, 0.2) is 0 Å². The van der Waals surface area contributed by atoms with E-state index in [-0.39, 0.29) is 5.91 Å². The lowest BCUT2D eigenvalue weighted by Crippen LogP contribution is -2.11. The molecule has 2 aromatic heterocycles. The molecule has 0 unspecified atom stereocenters. The van der Waals surface area contributed by atoms with E-state index in [1.165, 1.54) is 11.3 Å². The quantitative estimate of drug-likeness (QED) is 0.439. The van der Waals surface area contributed by atoms with E-state index >= 15 is 0 Å². The molecule has 6 nitrogen and oxygen atoms in total. The number of pyridine rings is 1. The lowest BCUT2D eigenvalue weighted by Gasteiger charge is -2.09. The molecule has 2 aromatic carbocycles. The monoisotopic (exact) mass is 417 g/mol. The highest BCUT2D eigenvalue weighted by Gasteiger charge is 2.07. The number of hydrogen-bond acceptors (Lipinski definition) is 6. The van der Waals surface area contributed by atoms with Crippen molar-refractivity contribution < 1.29 is 14.3 Å². The smallest absolute Gasteiger partial charge is 0.255 e. The van der Waals surface area contributed by atoms with Crippen molar-refractivity contribution in [1.29, 1.82) is 0 Å². The molecule has 0 aliphatic rings. The van der Waals surface area contributed by atoms with E-state index < -0.39 is 0 Å². The van der Waals surface area contributed by atoms with Crippen molar-refractivity contribution in [3.8, 4) is 11.5 Å². The highest BCUT2D eigenvalue weighted by molar-refractivity contribution is 7.07. The molecular weight excluding hydrogens is 398 g/mol. The van der Waals surface area contributed by atoms with Crippen molar-refractivity contribution in [2.45, 2.75) is 13.2 Å². The minimum Gasteiger partial charge on any atom is -0.489 e. The number of carbonyl (C=O) groups excluding carboxylic acids is 1. The number of nitrogens with zero attached hydrogens (tertiary/aromatic N) is 2. The third-order valence-electron chi connectivity index (χ3n) is 4.23. The van der Waals surface area contributed by atoms with Gasteiger partial charge in [0.2, 0.25) is 0 Å². The molecule has 30 heavy (non-hydrogen) atoms. The molecule has 0 saturated heterocycles. The molecule has 0 bridgehead atoms. The average Bonchev–Trinajstić information content (AvgIpc) is 3.32. The van der Waals surface area contributed by atoms with Gasteiger partial charge >= 0.3 is 0 Å². The van der Waals surface area contributed by atoms with Gasteiger partial charge in [0.25, 0.3) is 5.91 Å². The summed E-state index contributed by atoms with van der Waals surface area (Å²) in [5.41, 5.74) is 4.89. The standard InChI is InChI=1S/C23H19N3O3S/c27-23(18-3-7-21(8-4-18)29-14-20-15-30-16-25-20)26-19-5-9-22(10-6-19)28-13-17-2-1-11-24-12-17/h1-12,15-16H,13-14H2,(H,26,27). The summed E-state index contributed by atoms with van der Waals surface area (Å²) in [6, 6.07) is 18.1. The Balaban J connectivity index is 1.28. The Kier molecular flexibility index (Phi) is 6.31. The highest BCUT2D eigenvalue weighted by atomic mass is 32.1. The summed E-state index contributed by atoms with van der Waals surface area (Å²) in [4.78, 5) is 20.7. The number of anilines is 1. The van der Waals surface area contributed by atoms with Gasteiger partial charge in [-0.1, -0.05) is 6.07 Å². The zero-order valence-corrected chi connectivity index (χ0v) is 16.8. The third kappa shape index (κ3) is 5.42. The molecule has 0 radical (unpaired) electrons. The fourth-order valence-electron chi connectivity index (χ4n) is 2.66. The van der Waals surface area contributed by atoms with Crippen LogP contribution < -0.4 is 14.8 Å². The second kappa shape index (κ2) is 9.67. The number of thiazole rings is 1. The minimum absolute atomic E-state index is 0.190. The maximum absolute atomic E-state index is 12.5. The number of benzene rings is 2. The number of hydrogen-bond donors (Lipinski definition) is 1. The van der Waals surface area contributed by atoms with Gasteiger partial charge in [0, 0.05) is 34.6 Å². The topological polar surface area (TPSA) is 73.3 Å². The van der Waals surface area contributed by atoms with Crippen LogP contribution in [0, 0.1) is 0 Å². The zero-order valence-electron chi connectivity index (χ0n) is 16.0. The molecule has 7 heteroatoms. The number of rotatable bonds is 8. The lowest BCUT2D eigenvalue weighted by molar-refractivity contribution is 0.102. The first kappa shape index (κ1) is 19.6. The van der Waals surface area contributed by atoms with E-state index in [1.54, 1.807) is 42.2 Å². The summed E-state index contributed by atoms with van der Waals surface area (Å²) >= 11 is 1.53. The fraction of sp³-hybridized carbons (Fsp3) is 0.0870. The molecule has 1 amide bonds. The lowest BCUT2D eigenvalue weighted by atomic mass is 10.2. The van der Waals surface area contributed by atoms with Gasteiger partial charge in [-0.05, 0) is 54.6 Å². The number of amides is 1. The normalized spacial score (nSPS) is 10.4. The van der Waals surface area contributed by atoms with Gasteiger partial charge in [-0.25, -0.2) is 4.98 Å². The first-order valence-corrected chi connectivity index (χ1v) is 10.2. The Morgan fingerprint density at radius 2 is 1.67 bits per heavy atom. The molecule has 4 aromatic rings. The second-order valence-electron chi connectivity index (χ2n) is 6.42. The van der Waals surface area contributed by atoms with E-state index in [0.717, 1.165) is 17.0 Å². The molecule has 0 aliphatic carbocycles. The number of nitrogens with one attached hydrogen (secondary N) is 1. The molecule has 0 aliphatic heterocycles. The number of aromatic nitrogens is 2. The van der Waals surface area contributed by atoms with Gasteiger partial charge in [-0.15, -0.1) is 11.3 Å².